The van der Waals surface area contributed by atoms with E-state index in [0.717, 1.165) is 19.4 Å². The molecule has 15 heavy (non-hydrogen) atoms. The number of hydrogen-bond donors (Lipinski definition) is 2. The summed E-state index contributed by atoms with van der Waals surface area (Å²) >= 11 is 0. The molecule has 0 spiro atoms. The van der Waals surface area contributed by atoms with Crippen molar-refractivity contribution >= 4 is 0 Å². The lowest BCUT2D eigenvalue weighted by molar-refractivity contribution is 0.0602. The molecule has 82 valence electrons. The minimum absolute atomic E-state index is 0.152. The molecule has 1 aliphatic rings. The molecule has 1 aromatic rings. The Bertz CT molecular complexity index is 371. The molecule has 0 bridgehead atoms. The van der Waals surface area contributed by atoms with Gasteiger partial charge in [-0.2, -0.15) is 0 Å². The SMILES string of the molecule is CNCC1CC(Oc2ncc[nH]c2=O)C1. The number of nitrogens with one attached hydrogen (secondary N) is 2. The number of aromatic nitrogens is 2. The summed E-state index contributed by atoms with van der Waals surface area (Å²) in [5.41, 5.74) is -0.255. The van der Waals surface area contributed by atoms with Gasteiger partial charge in [0.1, 0.15) is 6.10 Å². The zero-order valence-electron chi connectivity index (χ0n) is 8.69. The molecule has 0 unspecified atom stereocenters. The fraction of sp³-hybridized carbons (Fsp3) is 0.600. The van der Waals surface area contributed by atoms with E-state index in [2.05, 4.69) is 15.3 Å². The Morgan fingerprint density at radius 3 is 3.13 bits per heavy atom. The van der Waals surface area contributed by atoms with Crippen molar-refractivity contribution < 1.29 is 4.74 Å². The van der Waals surface area contributed by atoms with Gasteiger partial charge in [-0.05, 0) is 32.4 Å². The summed E-state index contributed by atoms with van der Waals surface area (Å²) in [6, 6.07) is 0. The molecular weight excluding hydrogens is 194 g/mol. The highest BCUT2D eigenvalue weighted by Crippen LogP contribution is 2.29. The fourth-order valence-corrected chi connectivity index (χ4v) is 1.81. The van der Waals surface area contributed by atoms with E-state index < -0.39 is 0 Å². The van der Waals surface area contributed by atoms with Crippen LogP contribution in [-0.2, 0) is 0 Å². The van der Waals surface area contributed by atoms with Crippen LogP contribution in [0.15, 0.2) is 17.2 Å². The summed E-state index contributed by atoms with van der Waals surface area (Å²) in [6.07, 6.45) is 5.17. The lowest BCUT2D eigenvalue weighted by Gasteiger charge is -2.34. The molecule has 0 amide bonds. The molecule has 2 N–H and O–H groups in total. The van der Waals surface area contributed by atoms with E-state index >= 15 is 0 Å². The highest BCUT2D eigenvalue weighted by molar-refractivity contribution is 5.04. The van der Waals surface area contributed by atoms with E-state index in [1.54, 1.807) is 0 Å². The summed E-state index contributed by atoms with van der Waals surface area (Å²) in [6.45, 7) is 1.01. The Morgan fingerprint density at radius 2 is 2.47 bits per heavy atom. The molecule has 1 aliphatic carbocycles. The average molecular weight is 209 g/mol. The van der Waals surface area contributed by atoms with Gasteiger partial charge in [0.25, 0.3) is 5.88 Å². The van der Waals surface area contributed by atoms with Crippen LogP contribution in [0.5, 0.6) is 5.88 Å². The number of aromatic amines is 1. The van der Waals surface area contributed by atoms with Crippen molar-refractivity contribution in [3.8, 4) is 5.88 Å². The van der Waals surface area contributed by atoms with E-state index in [4.69, 9.17) is 4.74 Å². The van der Waals surface area contributed by atoms with E-state index in [0.29, 0.717) is 5.92 Å². The summed E-state index contributed by atoms with van der Waals surface area (Å²) in [7, 11) is 1.94. The minimum Gasteiger partial charge on any atom is -0.470 e. The van der Waals surface area contributed by atoms with Gasteiger partial charge in [0.05, 0.1) is 0 Å². The summed E-state index contributed by atoms with van der Waals surface area (Å²) < 4.78 is 5.48. The van der Waals surface area contributed by atoms with Crippen molar-refractivity contribution in [3.05, 3.63) is 22.7 Å². The van der Waals surface area contributed by atoms with Gasteiger partial charge in [0.2, 0.25) is 0 Å². The largest absolute Gasteiger partial charge is 0.470 e. The summed E-state index contributed by atoms with van der Waals surface area (Å²) in [4.78, 5) is 17.7. The van der Waals surface area contributed by atoms with Crippen LogP contribution in [0.2, 0.25) is 0 Å². The van der Waals surface area contributed by atoms with E-state index in [9.17, 15) is 4.79 Å². The normalized spacial score (nSPS) is 24.6. The topological polar surface area (TPSA) is 67.0 Å². The predicted molar refractivity (Wildman–Crippen MR) is 55.9 cm³/mol. The van der Waals surface area contributed by atoms with Gasteiger partial charge in [0, 0.05) is 12.4 Å². The smallest absolute Gasteiger partial charge is 0.310 e. The second kappa shape index (κ2) is 4.44. The van der Waals surface area contributed by atoms with Crippen molar-refractivity contribution in [2.24, 2.45) is 5.92 Å². The molecule has 5 heteroatoms. The molecule has 1 fully saturated rings. The molecule has 2 rings (SSSR count). The number of hydrogen-bond acceptors (Lipinski definition) is 4. The molecule has 0 aromatic carbocycles. The van der Waals surface area contributed by atoms with Crippen LogP contribution in [-0.4, -0.2) is 29.7 Å². The van der Waals surface area contributed by atoms with Gasteiger partial charge in [-0.1, -0.05) is 0 Å². The third-order valence-corrected chi connectivity index (χ3v) is 2.64. The first kappa shape index (κ1) is 10.2. The van der Waals surface area contributed by atoms with Crippen LogP contribution >= 0.6 is 0 Å². The van der Waals surface area contributed by atoms with Gasteiger partial charge in [-0.15, -0.1) is 0 Å². The van der Waals surface area contributed by atoms with Crippen LogP contribution in [0.4, 0.5) is 0 Å². The third-order valence-electron chi connectivity index (χ3n) is 2.64. The molecular formula is C10H15N3O2. The minimum atomic E-state index is -0.255. The zero-order chi connectivity index (χ0) is 10.7. The predicted octanol–water partition coefficient (Wildman–Crippen LogP) is 0.147. The van der Waals surface area contributed by atoms with Crippen LogP contribution < -0.4 is 15.6 Å². The summed E-state index contributed by atoms with van der Waals surface area (Å²) in [5, 5.41) is 3.13. The van der Waals surface area contributed by atoms with Crippen LogP contribution in [0.3, 0.4) is 0 Å². The highest BCUT2D eigenvalue weighted by Gasteiger charge is 2.30. The molecule has 1 saturated carbocycles. The molecule has 0 saturated heterocycles. The number of nitrogens with zero attached hydrogens (tertiary/aromatic N) is 1. The maximum Gasteiger partial charge on any atom is 0.310 e. The Balaban J connectivity index is 1.85. The van der Waals surface area contributed by atoms with Crippen LogP contribution in [0.1, 0.15) is 12.8 Å². The lowest BCUT2D eigenvalue weighted by atomic mass is 9.82. The maximum atomic E-state index is 11.2. The fourth-order valence-electron chi connectivity index (χ4n) is 1.81. The first-order valence-electron chi connectivity index (χ1n) is 5.14. The number of ether oxygens (including phenoxy) is 1. The molecule has 0 aliphatic heterocycles. The van der Waals surface area contributed by atoms with E-state index in [-0.39, 0.29) is 17.5 Å². The monoisotopic (exact) mass is 209 g/mol. The van der Waals surface area contributed by atoms with Gasteiger partial charge >= 0.3 is 5.56 Å². The van der Waals surface area contributed by atoms with Crippen LogP contribution in [0.25, 0.3) is 0 Å². The number of H-pyrrole nitrogens is 1. The average Bonchev–Trinajstić information content (AvgIpc) is 2.18. The third kappa shape index (κ3) is 2.36. The Hall–Kier alpha value is -1.36. The van der Waals surface area contributed by atoms with Crippen molar-refractivity contribution in [2.75, 3.05) is 13.6 Å². The van der Waals surface area contributed by atoms with Gasteiger partial charge in [0.15, 0.2) is 0 Å². The van der Waals surface area contributed by atoms with Gasteiger partial charge < -0.3 is 15.0 Å². The van der Waals surface area contributed by atoms with E-state index in [1.165, 1.54) is 12.4 Å². The number of rotatable bonds is 4. The van der Waals surface area contributed by atoms with Crippen molar-refractivity contribution in [3.63, 3.8) is 0 Å². The molecule has 0 radical (unpaired) electrons. The zero-order valence-corrected chi connectivity index (χ0v) is 8.69. The first-order chi connectivity index (χ1) is 7.29. The maximum absolute atomic E-state index is 11.2. The summed E-state index contributed by atoms with van der Waals surface area (Å²) in [5.74, 6) is 0.855. The first-order valence-corrected chi connectivity index (χ1v) is 5.14. The quantitative estimate of drug-likeness (QED) is 0.740. The van der Waals surface area contributed by atoms with Crippen molar-refractivity contribution in [2.45, 2.75) is 18.9 Å². The second-order valence-corrected chi connectivity index (χ2v) is 3.86. The highest BCUT2D eigenvalue weighted by atomic mass is 16.5. The van der Waals surface area contributed by atoms with Crippen molar-refractivity contribution in [1.82, 2.24) is 15.3 Å². The van der Waals surface area contributed by atoms with Crippen molar-refractivity contribution in [1.29, 1.82) is 0 Å². The molecule has 1 heterocycles. The lowest BCUT2D eigenvalue weighted by Crippen LogP contribution is -2.39. The van der Waals surface area contributed by atoms with Gasteiger partial charge in [-0.25, -0.2) is 4.98 Å². The molecule has 1 aromatic heterocycles. The van der Waals surface area contributed by atoms with Crippen LogP contribution in [0, 0.1) is 5.92 Å². The Morgan fingerprint density at radius 1 is 1.67 bits per heavy atom. The van der Waals surface area contributed by atoms with E-state index in [1.807, 2.05) is 7.05 Å². The molecule has 0 atom stereocenters. The van der Waals surface area contributed by atoms with Gasteiger partial charge in [-0.3, -0.25) is 4.79 Å². The molecule has 5 nitrogen and oxygen atoms in total. The second-order valence-electron chi connectivity index (χ2n) is 3.86. The Labute approximate surface area is 87.9 Å². The Kier molecular flexibility index (Phi) is 3.01. The standard InChI is InChI=1S/C10H15N3O2/c1-11-6-7-4-8(5-7)15-10-9(14)12-2-3-13-10/h2-3,7-8,11H,4-6H2,1H3,(H,12,14).